The minimum absolute atomic E-state index is 0.0985. The summed E-state index contributed by atoms with van der Waals surface area (Å²) in [5.41, 5.74) is 5.20. The van der Waals surface area contributed by atoms with Crippen molar-refractivity contribution in [3.8, 4) is 0 Å². The first-order chi connectivity index (χ1) is 8.80. The monoisotopic (exact) mass is 292 g/mol. The van der Waals surface area contributed by atoms with E-state index in [-0.39, 0.29) is 36.5 Å². The highest BCUT2D eigenvalue weighted by Crippen LogP contribution is 2.24. The van der Waals surface area contributed by atoms with Gasteiger partial charge in [-0.25, -0.2) is 13.1 Å². The Morgan fingerprint density at radius 3 is 2.26 bits per heavy atom. The molecule has 0 spiro atoms. The average molecular weight is 292 g/mol. The third-order valence-corrected chi connectivity index (χ3v) is 4.80. The summed E-state index contributed by atoms with van der Waals surface area (Å²) < 4.78 is 26.0. The number of hydrogen-bond acceptors (Lipinski definition) is 4. The molecular weight excluding hydrogens is 272 g/mol. The third kappa shape index (κ3) is 6.02. The van der Waals surface area contributed by atoms with E-state index in [1.54, 1.807) is 0 Å². The van der Waals surface area contributed by atoms with Gasteiger partial charge in [-0.05, 0) is 32.1 Å². The normalized spacial score (nSPS) is 24.0. The molecule has 1 fully saturated rings. The summed E-state index contributed by atoms with van der Waals surface area (Å²) in [5, 5.41) is 8.45. The number of amides is 1. The van der Waals surface area contributed by atoms with Crippen LogP contribution in [0, 0.1) is 5.92 Å². The van der Waals surface area contributed by atoms with Crippen molar-refractivity contribution in [1.29, 1.82) is 0 Å². The van der Waals surface area contributed by atoms with Crippen LogP contribution in [0.2, 0.25) is 0 Å². The van der Waals surface area contributed by atoms with E-state index in [2.05, 4.69) is 4.72 Å². The fourth-order valence-electron chi connectivity index (χ4n) is 2.22. The van der Waals surface area contributed by atoms with Crippen molar-refractivity contribution in [2.45, 2.75) is 44.6 Å². The Labute approximate surface area is 112 Å². The van der Waals surface area contributed by atoms with Crippen molar-refractivity contribution >= 4 is 21.9 Å². The molecule has 0 unspecified atom stereocenters. The smallest absolute Gasteiger partial charge is 0.303 e. The van der Waals surface area contributed by atoms with E-state index in [9.17, 15) is 18.0 Å². The van der Waals surface area contributed by atoms with Crippen LogP contribution in [-0.2, 0) is 19.6 Å². The van der Waals surface area contributed by atoms with Gasteiger partial charge in [-0.3, -0.25) is 9.59 Å². The highest BCUT2D eigenvalue weighted by atomic mass is 32.2. The fourth-order valence-corrected chi connectivity index (χ4v) is 3.61. The van der Waals surface area contributed by atoms with Crippen LogP contribution in [0.3, 0.4) is 0 Å². The molecular formula is C11H20N2O5S. The molecule has 1 aliphatic carbocycles. The number of carboxylic acids is 1. The Balaban J connectivity index is 2.35. The zero-order valence-corrected chi connectivity index (χ0v) is 11.5. The van der Waals surface area contributed by atoms with Crippen LogP contribution in [0.4, 0.5) is 0 Å². The molecule has 0 aromatic rings. The number of carbonyl (C=O) groups excluding carboxylic acids is 1. The zero-order valence-electron chi connectivity index (χ0n) is 10.7. The number of nitrogens with two attached hydrogens (primary N) is 1. The molecule has 0 aromatic carbocycles. The second-order valence-electron chi connectivity index (χ2n) is 4.88. The Hall–Kier alpha value is -1.15. The van der Waals surface area contributed by atoms with Gasteiger partial charge in [-0.2, -0.15) is 0 Å². The lowest BCUT2D eigenvalue weighted by Gasteiger charge is -2.27. The molecule has 4 N–H and O–H groups in total. The van der Waals surface area contributed by atoms with E-state index in [0.29, 0.717) is 25.7 Å². The number of sulfonamides is 1. The number of rotatable bonds is 7. The van der Waals surface area contributed by atoms with Gasteiger partial charge in [0.05, 0.1) is 5.75 Å². The predicted molar refractivity (Wildman–Crippen MR) is 68.7 cm³/mol. The first-order valence-electron chi connectivity index (χ1n) is 6.31. The molecule has 1 aliphatic rings. The highest BCUT2D eigenvalue weighted by molar-refractivity contribution is 7.89. The fraction of sp³-hybridized carbons (Fsp3) is 0.818. The quantitative estimate of drug-likeness (QED) is 0.599. The van der Waals surface area contributed by atoms with Crippen LogP contribution < -0.4 is 10.5 Å². The summed E-state index contributed by atoms with van der Waals surface area (Å²) in [5.74, 6) is -1.68. The molecule has 1 rings (SSSR count). The molecule has 19 heavy (non-hydrogen) atoms. The van der Waals surface area contributed by atoms with Crippen molar-refractivity contribution < 1.29 is 23.1 Å². The van der Waals surface area contributed by atoms with Gasteiger partial charge in [0.2, 0.25) is 15.9 Å². The van der Waals surface area contributed by atoms with Crippen LogP contribution in [0.5, 0.6) is 0 Å². The van der Waals surface area contributed by atoms with Crippen molar-refractivity contribution in [2.24, 2.45) is 11.7 Å². The first-order valence-corrected chi connectivity index (χ1v) is 7.96. The van der Waals surface area contributed by atoms with Crippen molar-refractivity contribution in [1.82, 2.24) is 4.72 Å². The molecule has 0 aliphatic heterocycles. The molecule has 0 aromatic heterocycles. The number of carboxylic acid groups (broad SMARTS) is 1. The topological polar surface area (TPSA) is 127 Å². The molecule has 0 saturated heterocycles. The molecule has 0 atom stereocenters. The van der Waals surface area contributed by atoms with Crippen molar-refractivity contribution in [2.75, 3.05) is 5.75 Å². The Morgan fingerprint density at radius 2 is 1.79 bits per heavy atom. The summed E-state index contributed by atoms with van der Waals surface area (Å²) in [7, 11) is -3.44. The lowest BCUT2D eigenvalue weighted by atomic mass is 9.86. The highest BCUT2D eigenvalue weighted by Gasteiger charge is 2.27. The maximum absolute atomic E-state index is 11.7. The van der Waals surface area contributed by atoms with E-state index in [4.69, 9.17) is 10.8 Å². The number of aliphatic carboxylic acids is 1. The molecule has 1 saturated carbocycles. The predicted octanol–water partition coefficient (Wildman–Crippen LogP) is -0.185. The lowest BCUT2D eigenvalue weighted by Crippen LogP contribution is -2.40. The molecule has 7 nitrogen and oxygen atoms in total. The number of primary amides is 1. The van der Waals surface area contributed by atoms with Crippen LogP contribution in [-0.4, -0.2) is 37.2 Å². The van der Waals surface area contributed by atoms with Crippen molar-refractivity contribution in [3.63, 3.8) is 0 Å². The van der Waals surface area contributed by atoms with E-state index < -0.39 is 16.0 Å². The van der Waals surface area contributed by atoms with Crippen LogP contribution in [0.15, 0.2) is 0 Å². The van der Waals surface area contributed by atoms with E-state index >= 15 is 0 Å². The summed E-state index contributed by atoms with van der Waals surface area (Å²) in [6, 6.07) is -0.176. The van der Waals surface area contributed by atoms with Gasteiger partial charge >= 0.3 is 5.97 Å². The van der Waals surface area contributed by atoms with Gasteiger partial charge in [0.15, 0.2) is 0 Å². The second kappa shape index (κ2) is 6.85. The van der Waals surface area contributed by atoms with E-state index in [1.165, 1.54) is 0 Å². The van der Waals surface area contributed by atoms with Gasteiger partial charge in [-0.15, -0.1) is 0 Å². The van der Waals surface area contributed by atoms with Crippen molar-refractivity contribution in [3.05, 3.63) is 0 Å². The number of carbonyl (C=O) groups is 2. The van der Waals surface area contributed by atoms with Crippen LogP contribution >= 0.6 is 0 Å². The van der Waals surface area contributed by atoms with Crippen LogP contribution in [0.1, 0.15) is 38.5 Å². The number of nitrogens with one attached hydrogen (secondary N) is 1. The van der Waals surface area contributed by atoms with Crippen LogP contribution in [0.25, 0.3) is 0 Å². The second-order valence-corrected chi connectivity index (χ2v) is 6.76. The molecule has 0 radical (unpaired) electrons. The summed E-state index contributed by atoms with van der Waals surface area (Å²) in [6.45, 7) is 0. The minimum Gasteiger partial charge on any atom is -0.481 e. The summed E-state index contributed by atoms with van der Waals surface area (Å²) >= 11 is 0. The summed E-state index contributed by atoms with van der Waals surface area (Å²) in [4.78, 5) is 21.3. The minimum atomic E-state index is -3.44. The molecule has 8 heteroatoms. The van der Waals surface area contributed by atoms with Gasteiger partial charge in [-0.1, -0.05) is 0 Å². The van der Waals surface area contributed by atoms with Gasteiger partial charge in [0, 0.05) is 18.4 Å². The largest absolute Gasteiger partial charge is 0.481 e. The van der Waals surface area contributed by atoms with Gasteiger partial charge in [0.1, 0.15) is 0 Å². The SMILES string of the molecule is NC(=O)C1CCC(NS(=O)(=O)CCCC(=O)O)CC1. The van der Waals surface area contributed by atoms with Gasteiger partial charge in [0.25, 0.3) is 0 Å². The lowest BCUT2D eigenvalue weighted by molar-refractivity contribution is -0.137. The first kappa shape index (κ1) is 15.9. The average Bonchev–Trinajstić information content (AvgIpc) is 2.28. The standard InChI is InChI=1S/C11H20N2O5S/c12-11(16)8-3-5-9(6-4-8)13-19(17,18)7-1-2-10(14)15/h8-9,13H,1-7H2,(H2,12,16)(H,14,15). The Morgan fingerprint density at radius 1 is 1.21 bits per heavy atom. The van der Waals surface area contributed by atoms with E-state index in [0.717, 1.165) is 0 Å². The van der Waals surface area contributed by atoms with E-state index in [1.807, 2.05) is 0 Å². The molecule has 110 valence electrons. The van der Waals surface area contributed by atoms with Gasteiger partial charge < -0.3 is 10.8 Å². The molecule has 1 amide bonds. The molecule has 0 heterocycles. The Bertz CT molecular complexity index is 426. The summed E-state index contributed by atoms with van der Waals surface area (Å²) in [6.07, 6.45) is 2.31. The third-order valence-electron chi connectivity index (χ3n) is 3.28. The maximum Gasteiger partial charge on any atom is 0.303 e. The Kier molecular flexibility index (Phi) is 5.74. The molecule has 0 bridgehead atoms. The zero-order chi connectivity index (χ0) is 14.5. The maximum atomic E-state index is 11.7. The number of hydrogen-bond donors (Lipinski definition) is 3.